The summed E-state index contributed by atoms with van der Waals surface area (Å²) < 4.78 is 0. The lowest BCUT2D eigenvalue weighted by Crippen LogP contribution is -2.18. The summed E-state index contributed by atoms with van der Waals surface area (Å²) in [4.78, 5) is 19.5. The normalized spacial score (nSPS) is 14.0. The van der Waals surface area contributed by atoms with Crippen LogP contribution in [0, 0.1) is 0 Å². The third kappa shape index (κ3) is 4.95. The Morgan fingerprint density at radius 2 is 1.65 bits per heavy atom. The van der Waals surface area contributed by atoms with Crippen LogP contribution in [0.1, 0.15) is 35.7 Å². The maximum Gasteiger partial charge on any atom is 0.163 e. The standard InChI is InChI=1S/C28H25Cl2N3O/c1-18(34)26-16-31-27-9-6-20(21-12-22(29)15-23(30)13-21)14-25(27)28(26)32-24-7-4-19(5-8-24)17-33-10-2-3-11-33/h4-9,12-16H,2-3,10-11,17H2,1H3,(H,31,32). The molecule has 2 heterocycles. The molecule has 0 amide bonds. The highest BCUT2D eigenvalue weighted by molar-refractivity contribution is 6.35. The Bertz CT molecular complexity index is 1340. The van der Waals surface area contributed by atoms with Crippen LogP contribution >= 0.6 is 23.2 Å². The lowest BCUT2D eigenvalue weighted by atomic mass is 10.00. The largest absolute Gasteiger partial charge is 0.354 e. The second-order valence-electron chi connectivity index (χ2n) is 8.80. The highest BCUT2D eigenvalue weighted by Crippen LogP contribution is 2.34. The Kier molecular flexibility index (Phi) is 6.55. The molecule has 1 aliphatic heterocycles. The summed E-state index contributed by atoms with van der Waals surface area (Å²) in [5.74, 6) is -0.0428. The monoisotopic (exact) mass is 489 g/mol. The molecule has 1 saturated heterocycles. The zero-order chi connectivity index (χ0) is 23.7. The van der Waals surface area contributed by atoms with Crippen LogP contribution in [0.15, 0.2) is 66.9 Å². The molecule has 5 rings (SSSR count). The number of benzene rings is 3. The molecule has 0 radical (unpaired) electrons. The zero-order valence-electron chi connectivity index (χ0n) is 18.9. The van der Waals surface area contributed by atoms with Crippen LogP contribution in [0.3, 0.4) is 0 Å². The summed E-state index contributed by atoms with van der Waals surface area (Å²) in [7, 11) is 0. The quantitative estimate of drug-likeness (QED) is 0.281. The summed E-state index contributed by atoms with van der Waals surface area (Å²) in [6.07, 6.45) is 4.21. The van der Waals surface area contributed by atoms with E-state index >= 15 is 0 Å². The van der Waals surface area contributed by atoms with Crippen LogP contribution in [-0.2, 0) is 6.54 Å². The average molecular weight is 490 g/mol. The molecule has 0 spiro atoms. The van der Waals surface area contributed by atoms with Crippen LogP contribution in [0.25, 0.3) is 22.0 Å². The van der Waals surface area contributed by atoms with Gasteiger partial charge in [0.15, 0.2) is 5.78 Å². The molecular formula is C28H25Cl2N3O. The smallest absolute Gasteiger partial charge is 0.163 e. The SMILES string of the molecule is CC(=O)c1cnc2ccc(-c3cc(Cl)cc(Cl)c3)cc2c1Nc1ccc(CN2CCCC2)cc1. The van der Waals surface area contributed by atoms with Crippen molar-refractivity contribution >= 4 is 51.3 Å². The maximum absolute atomic E-state index is 12.5. The number of Topliss-reactive ketones (excluding diaryl/α,β-unsaturated/α-hetero) is 1. The molecule has 0 saturated carbocycles. The van der Waals surface area contributed by atoms with E-state index in [4.69, 9.17) is 23.2 Å². The number of hydrogen-bond acceptors (Lipinski definition) is 4. The van der Waals surface area contributed by atoms with E-state index in [9.17, 15) is 4.79 Å². The van der Waals surface area contributed by atoms with Gasteiger partial charge in [-0.15, -0.1) is 0 Å². The number of carbonyl (C=O) groups excluding carboxylic acids is 1. The Morgan fingerprint density at radius 3 is 2.32 bits per heavy atom. The summed E-state index contributed by atoms with van der Waals surface area (Å²) in [5.41, 5.74) is 6.17. The fourth-order valence-electron chi connectivity index (χ4n) is 4.53. The van der Waals surface area contributed by atoms with Crippen molar-refractivity contribution in [1.82, 2.24) is 9.88 Å². The van der Waals surface area contributed by atoms with Gasteiger partial charge >= 0.3 is 0 Å². The molecule has 1 fully saturated rings. The number of nitrogens with one attached hydrogen (secondary N) is 1. The fourth-order valence-corrected chi connectivity index (χ4v) is 5.06. The van der Waals surface area contributed by atoms with E-state index in [1.165, 1.54) is 31.5 Å². The number of aromatic nitrogens is 1. The van der Waals surface area contributed by atoms with Gasteiger partial charge in [0.2, 0.25) is 0 Å². The first-order chi connectivity index (χ1) is 16.5. The first-order valence-electron chi connectivity index (χ1n) is 11.4. The Balaban J connectivity index is 1.52. The molecule has 0 unspecified atom stereocenters. The number of rotatable bonds is 6. The second kappa shape index (κ2) is 9.75. The van der Waals surface area contributed by atoms with E-state index in [-0.39, 0.29) is 5.78 Å². The molecule has 0 atom stereocenters. The van der Waals surface area contributed by atoms with Crippen LogP contribution in [0.2, 0.25) is 10.0 Å². The van der Waals surface area contributed by atoms with Gasteiger partial charge in [0.05, 0.1) is 16.8 Å². The van der Waals surface area contributed by atoms with Crippen molar-refractivity contribution < 1.29 is 4.79 Å². The van der Waals surface area contributed by atoms with Crippen molar-refractivity contribution in [2.24, 2.45) is 0 Å². The number of ketones is 1. The van der Waals surface area contributed by atoms with E-state index in [1.807, 2.05) is 30.3 Å². The van der Waals surface area contributed by atoms with Gasteiger partial charge in [-0.25, -0.2) is 0 Å². The van der Waals surface area contributed by atoms with Gasteiger partial charge in [-0.05, 0) is 92.0 Å². The minimum Gasteiger partial charge on any atom is -0.354 e. The molecule has 1 N–H and O–H groups in total. The molecule has 172 valence electrons. The number of nitrogens with zero attached hydrogens (tertiary/aromatic N) is 2. The highest BCUT2D eigenvalue weighted by atomic mass is 35.5. The Labute approximate surface area is 209 Å². The van der Waals surface area contributed by atoms with E-state index in [2.05, 4.69) is 39.5 Å². The van der Waals surface area contributed by atoms with Crippen LogP contribution in [0.4, 0.5) is 11.4 Å². The maximum atomic E-state index is 12.5. The summed E-state index contributed by atoms with van der Waals surface area (Å²) in [6, 6.07) is 19.9. The predicted octanol–water partition coefficient (Wildman–Crippen LogP) is 7.75. The first kappa shape index (κ1) is 22.9. The number of fused-ring (bicyclic) bond motifs is 1. The van der Waals surface area contributed by atoms with Gasteiger partial charge in [-0.2, -0.15) is 0 Å². The number of carbonyl (C=O) groups is 1. The summed E-state index contributed by atoms with van der Waals surface area (Å²) in [6.45, 7) is 4.88. The number of anilines is 2. The van der Waals surface area contributed by atoms with E-state index in [1.54, 1.807) is 19.2 Å². The van der Waals surface area contributed by atoms with Gasteiger partial charge < -0.3 is 5.32 Å². The third-order valence-electron chi connectivity index (χ3n) is 6.27. The molecule has 1 aromatic heterocycles. The van der Waals surface area contributed by atoms with Gasteiger partial charge in [0.25, 0.3) is 0 Å². The minimum absolute atomic E-state index is 0.0428. The van der Waals surface area contributed by atoms with Crippen LogP contribution in [0.5, 0.6) is 0 Å². The predicted molar refractivity (Wildman–Crippen MR) is 141 cm³/mol. The second-order valence-corrected chi connectivity index (χ2v) is 9.67. The topological polar surface area (TPSA) is 45.2 Å². The fraction of sp³-hybridized carbons (Fsp3) is 0.214. The number of halogens is 2. The van der Waals surface area contributed by atoms with Crippen molar-refractivity contribution in [3.05, 3.63) is 88.0 Å². The van der Waals surface area contributed by atoms with E-state index in [0.29, 0.717) is 15.6 Å². The van der Waals surface area contributed by atoms with Crippen molar-refractivity contribution in [3.63, 3.8) is 0 Å². The molecule has 1 aliphatic rings. The van der Waals surface area contributed by atoms with Gasteiger partial charge in [0.1, 0.15) is 0 Å². The molecule has 0 bridgehead atoms. The highest BCUT2D eigenvalue weighted by Gasteiger charge is 2.15. The van der Waals surface area contributed by atoms with Gasteiger partial charge in [0, 0.05) is 33.9 Å². The van der Waals surface area contributed by atoms with E-state index < -0.39 is 0 Å². The zero-order valence-corrected chi connectivity index (χ0v) is 20.5. The lowest BCUT2D eigenvalue weighted by molar-refractivity contribution is 0.101. The van der Waals surface area contributed by atoms with Crippen LogP contribution in [-0.4, -0.2) is 28.8 Å². The number of hydrogen-bond donors (Lipinski definition) is 1. The molecule has 4 nitrogen and oxygen atoms in total. The van der Waals surface area contributed by atoms with Gasteiger partial charge in [-0.3, -0.25) is 14.7 Å². The van der Waals surface area contributed by atoms with Gasteiger partial charge in [-0.1, -0.05) is 41.4 Å². The molecular weight excluding hydrogens is 465 g/mol. The minimum atomic E-state index is -0.0428. The molecule has 4 aromatic rings. The average Bonchev–Trinajstić information content (AvgIpc) is 3.32. The molecule has 3 aromatic carbocycles. The molecule has 0 aliphatic carbocycles. The van der Waals surface area contributed by atoms with Crippen molar-refractivity contribution in [2.45, 2.75) is 26.3 Å². The molecule has 6 heteroatoms. The number of likely N-dealkylation sites (tertiary alicyclic amines) is 1. The Hall–Kier alpha value is -2.92. The lowest BCUT2D eigenvalue weighted by Gasteiger charge is -2.16. The van der Waals surface area contributed by atoms with Crippen LogP contribution < -0.4 is 5.32 Å². The third-order valence-corrected chi connectivity index (χ3v) is 6.71. The van der Waals surface area contributed by atoms with Crippen molar-refractivity contribution in [2.75, 3.05) is 18.4 Å². The van der Waals surface area contributed by atoms with Crippen molar-refractivity contribution in [1.29, 1.82) is 0 Å². The number of pyridine rings is 1. The van der Waals surface area contributed by atoms with E-state index in [0.717, 1.165) is 39.9 Å². The molecule has 34 heavy (non-hydrogen) atoms. The first-order valence-corrected chi connectivity index (χ1v) is 12.2. The summed E-state index contributed by atoms with van der Waals surface area (Å²) in [5, 5.41) is 5.51. The Morgan fingerprint density at radius 1 is 0.941 bits per heavy atom. The van der Waals surface area contributed by atoms with Crippen molar-refractivity contribution in [3.8, 4) is 11.1 Å². The summed E-state index contributed by atoms with van der Waals surface area (Å²) >= 11 is 12.5.